The van der Waals surface area contributed by atoms with Gasteiger partial charge in [-0.3, -0.25) is 0 Å². The Morgan fingerprint density at radius 2 is 1.93 bits per heavy atom. The molecule has 1 rings (SSSR count). The first-order chi connectivity index (χ1) is 7.17. The summed E-state index contributed by atoms with van der Waals surface area (Å²) < 4.78 is 29.2. The molecule has 1 aliphatic heterocycles. The molecule has 0 aromatic rings. The second-order valence-electron chi connectivity index (χ2n) is 3.11. The Kier molecular flexibility index (Phi) is 5.87. The topological polar surface area (TPSA) is 65.1 Å². The summed E-state index contributed by atoms with van der Waals surface area (Å²) in [4.78, 5) is 4.15. The van der Waals surface area contributed by atoms with Crippen LogP contribution in [0.1, 0.15) is 19.3 Å². The van der Waals surface area contributed by atoms with Crippen LogP contribution in [0, 0.1) is 0 Å². The molecule has 0 aliphatic carbocycles. The monoisotopic (exact) mass is 257 g/mol. The minimum Gasteiger partial charge on any atom is -0.211 e. The maximum atomic E-state index is 11.7. The highest BCUT2D eigenvalue weighted by Gasteiger charge is 2.24. The lowest BCUT2D eigenvalue weighted by atomic mass is 10.2. The average Bonchev–Trinajstić information content (AvgIpc) is 2.26. The molecule has 1 aliphatic rings. The van der Waals surface area contributed by atoms with Crippen LogP contribution in [0.5, 0.6) is 0 Å². The molecule has 8 heteroatoms. The minimum atomic E-state index is -3.23. The van der Waals surface area contributed by atoms with Gasteiger partial charge in [0.25, 0.3) is 0 Å². The zero-order valence-corrected chi connectivity index (χ0v) is 10.2. The first kappa shape index (κ1) is 13.2. The van der Waals surface area contributed by atoms with E-state index in [4.69, 9.17) is 0 Å². The smallest absolute Gasteiger partial charge is 0.211 e. The second-order valence-corrected chi connectivity index (χ2v) is 6.10. The molecule has 1 heterocycles. The van der Waals surface area contributed by atoms with E-state index < -0.39 is 10.0 Å². The van der Waals surface area contributed by atoms with Gasteiger partial charge in [0.15, 0.2) is 0 Å². The number of rotatable bonds is 6. The highest BCUT2D eigenvalue weighted by Crippen LogP contribution is 2.17. The number of hydrogen-bond donors (Lipinski definition) is 0. The summed E-state index contributed by atoms with van der Waals surface area (Å²) in [5, 5.41) is 3.94. The van der Waals surface area contributed by atoms with Gasteiger partial charge in [-0.15, -0.1) is 4.33 Å². The van der Waals surface area contributed by atoms with Crippen molar-refractivity contribution in [3.63, 3.8) is 0 Å². The molecule has 0 aromatic carbocycles. The highest BCUT2D eigenvalue weighted by molar-refractivity contribution is 8.08. The Morgan fingerprint density at radius 1 is 1.27 bits per heavy atom. The van der Waals surface area contributed by atoms with Crippen molar-refractivity contribution in [2.24, 2.45) is 0 Å². The molecule has 1 saturated heterocycles. The average molecular weight is 257 g/mol. The van der Waals surface area contributed by atoms with Crippen molar-refractivity contribution in [1.82, 2.24) is 4.31 Å². The fourth-order valence-corrected chi connectivity index (χ4v) is 3.49. The van der Waals surface area contributed by atoms with Gasteiger partial charge in [0.05, 0.1) is 19.2 Å². The van der Waals surface area contributed by atoms with E-state index in [0.29, 0.717) is 25.1 Å². The first-order valence-corrected chi connectivity index (χ1v) is 7.15. The number of nitrogens with zero attached hydrogens (tertiary/aromatic N) is 1. The van der Waals surface area contributed by atoms with Gasteiger partial charge < -0.3 is 0 Å². The molecule has 0 saturated carbocycles. The predicted molar refractivity (Wildman–Crippen MR) is 56.0 cm³/mol. The molecule has 1 fully saturated rings. The van der Waals surface area contributed by atoms with Crippen molar-refractivity contribution in [2.75, 3.05) is 25.3 Å². The molecule has 15 heavy (non-hydrogen) atoms. The molecule has 0 unspecified atom stereocenters. The molecule has 0 amide bonds. The number of sulfonamides is 1. The van der Waals surface area contributed by atoms with Crippen LogP contribution in [0.25, 0.3) is 0 Å². The standard InChI is InChI=1S/C7H15NO5S2/c1-11-12-13-14-7-15(9,10)8-5-3-2-4-6-8/h2-7H2,1H3. The van der Waals surface area contributed by atoms with Gasteiger partial charge in [0, 0.05) is 13.1 Å². The zero-order chi connectivity index (χ0) is 11.1. The summed E-state index contributed by atoms with van der Waals surface area (Å²) in [6, 6.07) is 0. The summed E-state index contributed by atoms with van der Waals surface area (Å²) in [5.41, 5.74) is 0. The lowest BCUT2D eigenvalue weighted by molar-refractivity contribution is -0.447. The molecule has 6 nitrogen and oxygen atoms in total. The zero-order valence-electron chi connectivity index (χ0n) is 8.55. The summed E-state index contributed by atoms with van der Waals surface area (Å²) >= 11 is 0.702. The first-order valence-electron chi connectivity index (χ1n) is 4.63. The predicted octanol–water partition coefficient (Wildman–Crippen LogP) is 0.917. The Morgan fingerprint density at radius 3 is 2.53 bits per heavy atom. The fourth-order valence-electron chi connectivity index (χ4n) is 1.35. The van der Waals surface area contributed by atoms with E-state index in [-0.39, 0.29) is 5.08 Å². The van der Waals surface area contributed by atoms with Crippen LogP contribution in [0.2, 0.25) is 0 Å². The summed E-state index contributed by atoms with van der Waals surface area (Å²) in [5.74, 6) is 0. The van der Waals surface area contributed by atoms with Crippen molar-refractivity contribution >= 4 is 22.1 Å². The Labute approximate surface area is 94.0 Å². The third-order valence-corrected chi connectivity index (χ3v) is 4.93. The van der Waals surface area contributed by atoms with Crippen LogP contribution >= 0.6 is 12.0 Å². The summed E-state index contributed by atoms with van der Waals surface area (Å²) in [6.45, 7) is 1.21. The van der Waals surface area contributed by atoms with E-state index in [0.717, 1.165) is 19.3 Å². The van der Waals surface area contributed by atoms with Gasteiger partial charge in [-0.05, 0) is 12.8 Å². The van der Waals surface area contributed by atoms with Crippen molar-refractivity contribution in [2.45, 2.75) is 19.3 Å². The van der Waals surface area contributed by atoms with E-state index >= 15 is 0 Å². The van der Waals surface area contributed by atoms with E-state index in [9.17, 15) is 8.42 Å². The summed E-state index contributed by atoms with van der Waals surface area (Å²) in [7, 11) is -1.95. The molecule has 0 aromatic heterocycles. The van der Waals surface area contributed by atoms with Gasteiger partial charge in [-0.25, -0.2) is 17.6 Å². The molecule has 0 atom stereocenters. The molecule has 0 N–H and O–H groups in total. The quantitative estimate of drug-likeness (QED) is 0.305. The lowest BCUT2D eigenvalue weighted by Gasteiger charge is -2.25. The molecular formula is C7H15NO5S2. The van der Waals surface area contributed by atoms with Gasteiger partial charge in [0.2, 0.25) is 10.0 Å². The molecular weight excluding hydrogens is 242 g/mol. The number of piperidine rings is 1. The van der Waals surface area contributed by atoms with Crippen molar-refractivity contribution in [3.05, 3.63) is 0 Å². The molecule has 0 spiro atoms. The van der Waals surface area contributed by atoms with E-state index in [1.165, 1.54) is 11.4 Å². The third-order valence-electron chi connectivity index (χ3n) is 2.05. The van der Waals surface area contributed by atoms with Crippen molar-refractivity contribution in [1.29, 1.82) is 0 Å². The van der Waals surface area contributed by atoms with Crippen LogP contribution in [-0.4, -0.2) is 38.0 Å². The van der Waals surface area contributed by atoms with Gasteiger partial charge in [0.1, 0.15) is 5.08 Å². The molecule has 0 bridgehead atoms. The van der Waals surface area contributed by atoms with Crippen LogP contribution < -0.4 is 0 Å². The Balaban J connectivity index is 2.30. The Hall–Kier alpha value is 0.140. The largest absolute Gasteiger partial charge is 0.225 e. The maximum Gasteiger partial charge on any atom is 0.225 e. The SMILES string of the molecule is COOOSCS(=O)(=O)N1CCCCC1. The van der Waals surface area contributed by atoms with E-state index in [1.807, 2.05) is 0 Å². The minimum absolute atomic E-state index is 0.156. The van der Waals surface area contributed by atoms with Crippen molar-refractivity contribution < 1.29 is 22.7 Å². The highest BCUT2D eigenvalue weighted by atomic mass is 32.3. The van der Waals surface area contributed by atoms with Gasteiger partial charge >= 0.3 is 0 Å². The lowest BCUT2D eigenvalue weighted by Crippen LogP contribution is -2.36. The van der Waals surface area contributed by atoms with Gasteiger partial charge in [-0.2, -0.15) is 0 Å². The molecule has 90 valence electrons. The van der Waals surface area contributed by atoms with E-state index in [2.05, 4.69) is 14.3 Å². The maximum absolute atomic E-state index is 11.7. The second kappa shape index (κ2) is 6.66. The van der Waals surface area contributed by atoms with E-state index in [1.54, 1.807) is 0 Å². The van der Waals surface area contributed by atoms with Gasteiger partial charge in [-0.1, -0.05) is 11.5 Å². The van der Waals surface area contributed by atoms with Crippen LogP contribution in [0.3, 0.4) is 0 Å². The third kappa shape index (κ3) is 4.66. The molecule has 0 radical (unpaired) electrons. The summed E-state index contributed by atoms with van der Waals surface area (Å²) in [6.07, 6.45) is 2.96. The fraction of sp³-hybridized carbons (Fsp3) is 1.00. The number of hydrogen-bond acceptors (Lipinski definition) is 6. The van der Waals surface area contributed by atoms with Crippen LogP contribution in [0.4, 0.5) is 0 Å². The Bertz CT molecular complexity index is 263. The normalized spacial score (nSPS) is 19.3. The van der Waals surface area contributed by atoms with Crippen LogP contribution in [-0.2, 0) is 24.3 Å². The van der Waals surface area contributed by atoms with Crippen molar-refractivity contribution in [3.8, 4) is 0 Å². The van der Waals surface area contributed by atoms with Crippen LogP contribution in [0.15, 0.2) is 0 Å².